The number of carbonyl (C=O) groups excluding carboxylic acids is 3. The van der Waals surface area contributed by atoms with E-state index < -0.39 is 30.3 Å². The molecule has 0 aliphatic carbocycles. The number of imide groups is 1. The van der Waals surface area contributed by atoms with E-state index in [2.05, 4.69) is 5.32 Å². The molecule has 1 heterocycles. The highest BCUT2D eigenvalue weighted by atomic mass is 16.5. The van der Waals surface area contributed by atoms with Gasteiger partial charge in [0.05, 0.1) is 11.9 Å². The predicted molar refractivity (Wildman–Crippen MR) is 87.9 cm³/mol. The molecule has 0 aliphatic heterocycles. The van der Waals surface area contributed by atoms with Crippen LogP contribution in [-0.2, 0) is 20.9 Å². The number of carbonyl (C=O) groups is 3. The molecule has 0 unspecified atom stereocenters. The molecule has 134 valence electrons. The third-order valence-corrected chi connectivity index (χ3v) is 3.15. The summed E-state index contributed by atoms with van der Waals surface area (Å²) < 4.78 is 11.1. The number of hydrogen-bond donors (Lipinski definition) is 2. The Morgan fingerprint density at radius 1 is 1.24 bits per heavy atom. The second kappa shape index (κ2) is 8.13. The first-order valence-corrected chi connectivity index (χ1v) is 7.71. The Kier molecular flexibility index (Phi) is 5.93. The first-order valence-electron chi connectivity index (χ1n) is 7.71. The van der Waals surface area contributed by atoms with Crippen LogP contribution in [0.25, 0.3) is 11.1 Å². The zero-order valence-electron chi connectivity index (χ0n) is 13.9. The maximum absolute atomic E-state index is 11.8. The molecule has 0 atom stereocenters. The summed E-state index contributed by atoms with van der Waals surface area (Å²) in [7, 11) is 0. The van der Waals surface area contributed by atoms with Crippen LogP contribution in [0.15, 0.2) is 33.5 Å². The van der Waals surface area contributed by atoms with Gasteiger partial charge >= 0.3 is 17.8 Å². The first kappa shape index (κ1) is 18.2. The Morgan fingerprint density at radius 2 is 1.96 bits per heavy atom. The van der Waals surface area contributed by atoms with E-state index in [-0.39, 0.29) is 19.0 Å². The Balaban J connectivity index is 1.81. The second-order valence-corrected chi connectivity index (χ2v) is 5.57. The quantitative estimate of drug-likeness (QED) is 0.743. The smallest absolute Gasteiger partial charge is 0.419 e. The van der Waals surface area contributed by atoms with Gasteiger partial charge in [-0.2, -0.15) is 0 Å². The van der Waals surface area contributed by atoms with E-state index in [0.717, 1.165) is 0 Å². The van der Waals surface area contributed by atoms with E-state index in [1.165, 1.54) is 4.57 Å². The Morgan fingerprint density at radius 3 is 2.68 bits per heavy atom. The van der Waals surface area contributed by atoms with Crippen LogP contribution in [0.5, 0.6) is 0 Å². The normalized spacial score (nSPS) is 10.7. The molecule has 0 saturated carbocycles. The molecule has 0 radical (unpaired) electrons. The lowest BCUT2D eigenvalue weighted by Gasteiger charge is -2.09. The molecule has 2 aromatic rings. The fourth-order valence-corrected chi connectivity index (χ4v) is 2.11. The van der Waals surface area contributed by atoms with Gasteiger partial charge in [-0.05, 0) is 26.0 Å². The minimum Gasteiger partial charge on any atom is -0.456 e. The molecule has 9 heteroatoms. The van der Waals surface area contributed by atoms with Crippen molar-refractivity contribution < 1.29 is 23.5 Å². The van der Waals surface area contributed by atoms with Gasteiger partial charge in [0.2, 0.25) is 0 Å². The Labute approximate surface area is 142 Å². The van der Waals surface area contributed by atoms with E-state index in [1.807, 2.05) is 5.32 Å². The molecule has 0 aliphatic rings. The van der Waals surface area contributed by atoms with Crippen molar-refractivity contribution in [3.63, 3.8) is 0 Å². The van der Waals surface area contributed by atoms with E-state index in [4.69, 9.17) is 9.15 Å². The van der Waals surface area contributed by atoms with Crippen molar-refractivity contribution in [1.82, 2.24) is 15.2 Å². The number of rotatable bonds is 6. The van der Waals surface area contributed by atoms with Gasteiger partial charge in [0, 0.05) is 12.6 Å². The predicted octanol–water partition coefficient (Wildman–Crippen LogP) is 0.762. The van der Waals surface area contributed by atoms with Crippen molar-refractivity contribution in [2.24, 2.45) is 0 Å². The standard InChI is InChI=1S/C16H19N3O6/c1-10(2)17-15(22)18-13(20)9-24-14(21)7-8-19-11-5-3-4-6-12(11)25-16(19)23/h3-6,10H,7-9H2,1-2H3,(H2,17,18,20,22). The lowest BCUT2D eigenvalue weighted by atomic mass is 10.3. The zero-order chi connectivity index (χ0) is 18.4. The summed E-state index contributed by atoms with van der Waals surface area (Å²) in [5.41, 5.74) is 1.000. The van der Waals surface area contributed by atoms with Crippen molar-refractivity contribution in [3.8, 4) is 0 Å². The van der Waals surface area contributed by atoms with Crippen LogP contribution >= 0.6 is 0 Å². The van der Waals surface area contributed by atoms with Gasteiger partial charge in [-0.25, -0.2) is 9.59 Å². The summed E-state index contributed by atoms with van der Waals surface area (Å²) in [6.45, 7) is 2.96. The molecule has 1 aromatic heterocycles. The third kappa shape index (κ3) is 5.20. The number of urea groups is 1. The molecule has 0 spiro atoms. The highest BCUT2D eigenvalue weighted by molar-refractivity contribution is 5.95. The highest BCUT2D eigenvalue weighted by Crippen LogP contribution is 2.12. The molecule has 0 saturated heterocycles. The van der Waals surface area contributed by atoms with Crippen LogP contribution in [0.4, 0.5) is 4.79 Å². The molecule has 2 rings (SSSR count). The molecule has 2 N–H and O–H groups in total. The number of oxazole rings is 1. The third-order valence-electron chi connectivity index (χ3n) is 3.15. The average Bonchev–Trinajstić information content (AvgIpc) is 2.85. The second-order valence-electron chi connectivity index (χ2n) is 5.57. The highest BCUT2D eigenvalue weighted by Gasteiger charge is 2.13. The molecular formula is C16H19N3O6. The average molecular weight is 349 g/mol. The van der Waals surface area contributed by atoms with Crippen molar-refractivity contribution in [2.45, 2.75) is 32.9 Å². The fraction of sp³-hybridized carbons (Fsp3) is 0.375. The Hall–Kier alpha value is -3.10. The lowest BCUT2D eigenvalue weighted by molar-refractivity contribution is -0.148. The summed E-state index contributed by atoms with van der Waals surface area (Å²) >= 11 is 0. The van der Waals surface area contributed by atoms with Gasteiger partial charge in [0.1, 0.15) is 0 Å². The molecule has 1 aromatic carbocycles. The summed E-state index contributed by atoms with van der Waals surface area (Å²) in [5, 5.41) is 4.50. The van der Waals surface area contributed by atoms with Gasteiger partial charge in [-0.3, -0.25) is 19.5 Å². The van der Waals surface area contributed by atoms with Gasteiger partial charge < -0.3 is 14.5 Å². The van der Waals surface area contributed by atoms with Crippen LogP contribution in [0, 0.1) is 0 Å². The van der Waals surface area contributed by atoms with Gasteiger partial charge in [0.15, 0.2) is 12.2 Å². The van der Waals surface area contributed by atoms with E-state index in [0.29, 0.717) is 11.1 Å². The molecule has 9 nitrogen and oxygen atoms in total. The van der Waals surface area contributed by atoms with Crippen LogP contribution in [0.2, 0.25) is 0 Å². The van der Waals surface area contributed by atoms with Crippen molar-refractivity contribution in [2.75, 3.05) is 6.61 Å². The Bertz CT molecular complexity index is 836. The first-order chi connectivity index (χ1) is 11.9. The van der Waals surface area contributed by atoms with Gasteiger partial charge in [0.25, 0.3) is 5.91 Å². The zero-order valence-corrected chi connectivity index (χ0v) is 13.9. The summed E-state index contributed by atoms with van der Waals surface area (Å²) in [5.74, 6) is -1.98. The van der Waals surface area contributed by atoms with Gasteiger partial charge in [-0.15, -0.1) is 0 Å². The fourth-order valence-electron chi connectivity index (χ4n) is 2.11. The molecule has 3 amide bonds. The van der Waals surface area contributed by atoms with E-state index in [1.54, 1.807) is 38.1 Å². The number of ether oxygens (including phenoxy) is 1. The van der Waals surface area contributed by atoms with Crippen molar-refractivity contribution >= 4 is 29.0 Å². The number of nitrogens with one attached hydrogen (secondary N) is 2. The van der Waals surface area contributed by atoms with E-state index >= 15 is 0 Å². The van der Waals surface area contributed by atoms with Crippen molar-refractivity contribution in [1.29, 1.82) is 0 Å². The van der Waals surface area contributed by atoms with Crippen LogP contribution in [0.1, 0.15) is 20.3 Å². The maximum atomic E-state index is 11.8. The minimum absolute atomic E-state index is 0.0597. The topological polar surface area (TPSA) is 120 Å². The molecule has 25 heavy (non-hydrogen) atoms. The van der Waals surface area contributed by atoms with Crippen LogP contribution in [-0.4, -0.2) is 35.1 Å². The number of para-hydroxylation sites is 2. The van der Waals surface area contributed by atoms with Crippen LogP contribution < -0.4 is 16.4 Å². The number of aryl methyl sites for hydroxylation is 1. The monoisotopic (exact) mass is 349 g/mol. The number of aromatic nitrogens is 1. The number of esters is 1. The van der Waals surface area contributed by atoms with Crippen molar-refractivity contribution in [3.05, 3.63) is 34.8 Å². The molecule has 0 bridgehead atoms. The number of nitrogens with zero attached hydrogens (tertiary/aromatic N) is 1. The summed E-state index contributed by atoms with van der Waals surface area (Å²) in [6.07, 6.45) is -0.116. The maximum Gasteiger partial charge on any atom is 0.419 e. The number of hydrogen-bond acceptors (Lipinski definition) is 6. The number of fused-ring (bicyclic) bond motifs is 1. The number of benzene rings is 1. The molecule has 0 fully saturated rings. The molecular weight excluding hydrogens is 330 g/mol. The largest absolute Gasteiger partial charge is 0.456 e. The lowest BCUT2D eigenvalue weighted by Crippen LogP contribution is -2.44. The SMILES string of the molecule is CC(C)NC(=O)NC(=O)COC(=O)CCn1c(=O)oc2ccccc21. The summed E-state index contributed by atoms with van der Waals surface area (Å²) in [4.78, 5) is 46.3. The van der Waals surface area contributed by atoms with Crippen LogP contribution in [0.3, 0.4) is 0 Å². The summed E-state index contributed by atoms with van der Waals surface area (Å²) in [6, 6.07) is 6.05. The minimum atomic E-state index is -0.738. The van der Waals surface area contributed by atoms with Gasteiger partial charge in [-0.1, -0.05) is 12.1 Å². The number of amides is 3. The van der Waals surface area contributed by atoms with E-state index in [9.17, 15) is 19.2 Å².